The average Bonchev–Trinajstić information content (AvgIpc) is 2.29. The lowest BCUT2D eigenvalue weighted by Gasteiger charge is -2.30. The number of benzene rings is 1. The van der Waals surface area contributed by atoms with Gasteiger partial charge in [-0.15, -0.1) is 0 Å². The van der Waals surface area contributed by atoms with Crippen molar-refractivity contribution >= 4 is 10.8 Å². The van der Waals surface area contributed by atoms with Crippen LogP contribution < -0.4 is 5.32 Å². The molecule has 16 heavy (non-hydrogen) atoms. The predicted octanol–water partition coefficient (Wildman–Crippen LogP) is 2.17. The highest BCUT2D eigenvalue weighted by Crippen LogP contribution is 2.20. The topological polar surface area (TPSA) is 29.1 Å². The van der Waals surface area contributed by atoms with E-state index in [0.29, 0.717) is 6.04 Å². The quantitative estimate of drug-likeness (QED) is 0.854. The van der Waals surface area contributed by atoms with Gasteiger partial charge in [0.2, 0.25) is 0 Å². The maximum absolute atomic E-state index is 11.8. The molecule has 1 fully saturated rings. The Labute approximate surface area is 99.9 Å². The van der Waals surface area contributed by atoms with E-state index in [0.717, 1.165) is 17.9 Å². The summed E-state index contributed by atoms with van der Waals surface area (Å²) in [6.07, 6.45) is 1.05. The third-order valence-corrected chi connectivity index (χ3v) is 4.63. The van der Waals surface area contributed by atoms with Gasteiger partial charge in [0.05, 0.1) is 0 Å². The Morgan fingerprint density at radius 1 is 1.31 bits per heavy atom. The molecule has 2 nitrogen and oxygen atoms in total. The fourth-order valence-corrected chi connectivity index (χ4v) is 3.66. The summed E-state index contributed by atoms with van der Waals surface area (Å²) >= 11 is 0. The van der Waals surface area contributed by atoms with Crippen molar-refractivity contribution in [2.24, 2.45) is 0 Å². The van der Waals surface area contributed by atoms with Gasteiger partial charge in [0.25, 0.3) is 0 Å². The van der Waals surface area contributed by atoms with E-state index in [-0.39, 0.29) is 6.04 Å². The van der Waals surface area contributed by atoms with E-state index >= 15 is 0 Å². The zero-order chi connectivity index (χ0) is 11.5. The van der Waals surface area contributed by atoms with Crippen molar-refractivity contribution in [2.45, 2.75) is 32.4 Å². The second-order valence-corrected chi connectivity index (χ2v) is 6.05. The summed E-state index contributed by atoms with van der Waals surface area (Å²) in [6.45, 7) is 4.23. The van der Waals surface area contributed by atoms with Gasteiger partial charge in [0.1, 0.15) is 0 Å². The monoisotopic (exact) mass is 237 g/mol. The van der Waals surface area contributed by atoms with Crippen LogP contribution in [0.5, 0.6) is 0 Å². The molecule has 1 N–H and O–H groups in total. The van der Waals surface area contributed by atoms with Crippen molar-refractivity contribution in [1.29, 1.82) is 0 Å². The maximum Gasteiger partial charge on any atom is 0.0439 e. The molecule has 1 aromatic rings. The van der Waals surface area contributed by atoms with E-state index in [4.69, 9.17) is 0 Å². The van der Waals surface area contributed by atoms with E-state index in [1.54, 1.807) is 0 Å². The molecule has 3 heteroatoms. The van der Waals surface area contributed by atoms with Gasteiger partial charge >= 0.3 is 0 Å². The molecule has 88 valence electrons. The van der Waals surface area contributed by atoms with Crippen LogP contribution in [0.25, 0.3) is 0 Å². The highest BCUT2D eigenvalue weighted by molar-refractivity contribution is 7.85. The average molecular weight is 237 g/mol. The smallest absolute Gasteiger partial charge is 0.0439 e. The minimum atomic E-state index is -0.669. The van der Waals surface area contributed by atoms with Crippen molar-refractivity contribution in [3.05, 3.63) is 35.4 Å². The second-order valence-electron chi connectivity index (χ2n) is 4.51. The summed E-state index contributed by atoms with van der Waals surface area (Å²) in [5, 5.41) is 3.58. The molecule has 2 rings (SSSR count). The summed E-state index contributed by atoms with van der Waals surface area (Å²) in [7, 11) is -0.669. The molecule has 1 heterocycles. The molecular weight excluding hydrogens is 218 g/mol. The summed E-state index contributed by atoms with van der Waals surface area (Å²) in [6, 6.07) is 9.19. The maximum atomic E-state index is 11.8. The number of nitrogens with one attached hydrogen (secondary N) is 1. The minimum Gasteiger partial charge on any atom is -0.305 e. The minimum absolute atomic E-state index is 0.264. The molecule has 1 saturated heterocycles. The van der Waals surface area contributed by atoms with Crippen LogP contribution in [-0.2, 0) is 10.8 Å². The summed E-state index contributed by atoms with van der Waals surface area (Å²) in [5.74, 6) is 1.55. The second kappa shape index (κ2) is 5.11. The molecule has 0 bridgehead atoms. The van der Waals surface area contributed by atoms with Crippen molar-refractivity contribution in [2.75, 3.05) is 11.5 Å². The van der Waals surface area contributed by atoms with Gasteiger partial charge in [0, 0.05) is 34.4 Å². The van der Waals surface area contributed by atoms with Gasteiger partial charge in [-0.05, 0) is 18.9 Å². The highest BCUT2D eigenvalue weighted by atomic mass is 32.2. The molecule has 0 saturated carbocycles. The van der Waals surface area contributed by atoms with Crippen LogP contribution in [0.15, 0.2) is 24.3 Å². The molecular formula is C13H19NOS. The highest BCUT2D eigenvalue weighted by Gasteiger charge is 2.25. The molecule has 1 aromatic carbocycles. The summed E-state index contributed by atoms with van der Waals surface area (Å²) < 4.78 is 11.8. The van der Waals surface area contributed by atoms with Crippen molar-refractivity contribution in [3.8, 4) is 0 Å². The summed E-state index contributed by atoms with van der Waals surface area (Å²) in [4.78, 5) is 0. The van der Waals surface area contributed by atoms with Gasteiger partial charge in [-0.3, -0.25) is 4.21 Å². The first-order valence-corrected chi connectivity index (χ1v) is 7.35. The lowest BCUT2D eigenvalue weighted by molar-refractivity contribution is 0.456. The molecule has 0 radical (unpaired) electrons. The zero-order valence-corrected chi connectivity index (χ0v) is 10.7. The SMILES string of the molecule is CCC1CS(=O)CC(c2ccc(C)cc2)N1. The largest absolute Gasteiger partial charge is 0.305 e. The predicted molar refractivity (Wildman–Crippen MR) is 69.0 cm³/mol. The number of aryl methyl sites for hydroxylation is 1. The molecule has 0 spiro atoms. The normalized spacial score (nSPS) is 30.2. The van der Waals surface area contributed by atoms with Crippen LogP contribution in [-0.4, -0.2) is 21.8 Å². The fraction of sp³-hybridized carbons (Fsp3) is 0.538. The van der Waals surface area contributed by atoms with Crippen LogP contribution in [0, 0.1) is 6.92 Å². The van der Waals surface area contributed by atoms with E-state index in [1.807, 2.05) is 0 Å². The van der Waals surface area contributed by atoms with E-state index in [9.17, 15) is 4.21 Å². The van der Waals surface area contributed by atoms with Crippen LogP contribution >= 0.6 is 0 Å². The number of hydrogen-bond acceptors (Lipinski definition) is 2. The molecule has 0 aliphatic carbocycles. The number of hydrogen-bond donors (Lipinski definition) is 1. The Bertz CT molecular complexity index is 374. The lowest BCUT2D eigenvalue weighted by Crippen LogP contribution is -2.44. The zero-order valence-electron chi connectivity index (χ0n) is 9.90. The first kappa shape index (κ1) is 11.8. The molecule has 0 aromatic heterocycles. The standard InChI is InChI=1S/C13H19NOS/c1-3-12-8-16(15)9-13(14-12)11-6-4-10(2)5-7-11/h4-7,12-14H,3,8-9H2,1-2H3. The Kier molecular flexibility index (Phi) is 3.77. The third-order valence-electron chi connectivity index (χ3n) is 3.15. The van der Waals surface area contributed by atoms with Crippen molar-refractivity contribution in [1.82, 2.24) is 5.32 Å². The first-order chi connectivity index (χ1) is 7.69. The van der Waals surface area contributed by atoms with Crippen LogP contribution in [0.2, 0.25) is 0 Å². The van der Waals surface area contributed by atoms with Gasteiger partial charge in [-0.1, -0.05) is 36.8 Å². The summed E-state index contributed by atoms with van der Waals surface area (Å²) in [5.41, 5.74) is 2.53. The van der Waals surface area contributed by atoms with Gasteiger partial charge in [-0.2, -0.15) is 0 Å². The molecule has 3 unspecified atom stereocenters. The Morgan fingerprint density at radius 3 is 2.62 bits per heavy atom. The van der Waals surface area contributed by atoms with E-state index < -0.39 is 10.8 Å². The van der Waals surface area contributed by atoms with E-state index in [2.05, 4.69) is 43.4 Å². The molecule has 3 atom stereocenters. The van der Waals surface area contributed by atoms with Crippen LogP contribution in [0.1, 0.15) is 30.5 Å². The van der Waals surface area contributed by atoms with Crippen LogP contribution in [0.3, 0.4) is 0 Å². The first-order valence-electron chi connectivity index (χ1n) is 5.86. The Balaban J connectivity index is 2.14. The van der Waals surface area contributed by atoms with Gasteiger partial charge in [0.15, 0.2) is 0 Å². The molecule has 1 aliphatic rings. The third kappa shape index (κ3) is 2.71. The Hall–Kier alpha value is -0.670. The van der Waals surface area contributed by atoms with Gasteiger partial charge in [-0.25, -0.2) is 0 Å². The van der Waals surface area contributed by atoms with Crippen molar-refractivity contribution < 1.29 is 4.21 Å². The molecule has 0 amide bonds. The number of rotatable bonds is 2. The van der Waals surface area contributed by atoms with Gasteiger partial charge < -0.3 is 5.32 Å². The lowest BCUT2D eigenvalue weighted by atomic mass is 10.0. The molecule has 1 aliphatic heterocycles. The fourth-order valence-electron chi connectivity index (χ4n) is 2.09. The Morgan fingerprint density at radius 2 is 2.00 bits per heavy atom. The van der Waals surface area contributed by atoms with E-state index in [1.165, 1.54) is 11.1 Å². The van der Waals surface area contributed by atoms with Crippen molar-refractivity contribution in [3.63, 3.8) is 0 Å². The van der Waals surface area contributed by atoms with Crippen LogP contribution in [0.4, 0.5) is 0 Å².